The highest BCUT2D eigenvalue weighted by molar-refractivity contribution is 4.89. The van der Waals surface area contributed by atoms with Crippen LogP contribution in [0.25, 0.3) is 0 Å². The summed E-state index contributed by atoms with van der Waals surface area (Å²) in [6, 6.07) is 0. The molecule has 0 aromatic carbocycles. The highest BCUT2D eigenvalue weighted by Gasteiger charge is 2.12. The summed E-state index contributed by atoms with van der Waals surface area (Å²) >= 11 is 0. The fourth-order valence-electron chi connectivity index (χ4n) is 6.16. The zero-order valence-corrected chi connectivity index (χ0v) is 36.1. The van der Waals surface area contributed by atoms with Crippen LogP contribution < -0.4 is 0 Å². The third kappa shape index (κ3) is 37.9. The molecule has 0 aromatic rings. The summed E-state index contributed by atoms with van der Waals surface area (Å²) in [5.74, 6) is 0. The Morgan fingerprint density at radius 2 is 0.660 bits per heavy atom. The second-order valence-electron chi connectivity index (χ2n) is 14.8. The fraction of sp³-hybridized carbons (Fsp3) is 0.913. The predicted molar refractivity (Wildman–Crippen MR) is 224 cm³/mol. The summed E-state index contributed by atoms with van der Waals surface area (Å²) in [6.45, 7) is 12.3. The quantitative estimate of drug-likeness (QED) is 0.0349. The lowest BCUT2D eigenvalue weighted by molar-refractivity contribution is -0.188. The topological polar surface area (TPSA) is 64.6 Å². The van der Waals surface area contributed by atoms with Crippen LogP contribution in [0.5, 0.6) is 0 Å². The summed E-state index contributed by atoms with van der Waals surface area (Å²) in [6.07, 6.45) is 40.5. The van der Waals surface area contributed by atoms with E-state index >= 15 is 0 Å². The van der Waals surface area contributed by atoms with E-state index in [1.54, 1.807) is 14.2 Å². The van der Waals surface area contributed by atoms with Gasteiger partial charge in [-0.3, -0.25) is 0 Å². The molecule has 316 valence electrons. The fourth-order valence-corrected chi connectivity index (χ4v) is 6.16. The van der Waals surface area contributed by atoms with Gasteiger partial charge >= 0.3 is 0 Å². The van der Waals surface area contributed by atoms with Crippen molar-refractivity contribution < 1.29 is 33.2 Å². The van der Waals surface area contributed by atoms with Gasteiger partial charge in [0.15, 0.2) is 25.2 Å². The number of ether oxygens (including phenoxy) is 7. The largest absolute Gasteiger partial charge is 0.353 e. The van der Waals surface area contributed by atoms with Crippen molar-refractivity contribution in [2.24, 2.45) is 0 Å². The highest BCUT2D eigenvalue weighted by atomic mass is 16.8. The van der Waals surface area contributed by atoms with Crippen molar-refractivity contribution in [3.05, 3.63) is 24.3 Å². The summed E-state index contributed by atoms with van der Waals surface area (Å²) in [7, 11) is 3.36. The van der Waals surface area contributed by atoms with Gasteiger partial charge in [0.05, 0.1) is 0 Å². The number of unbranched alkanes of at least 4 members (excludes halogenated alkanes) is 20. The van der Waals surface area contributed by atoms with Gasteiger partial charge in [-0.15, -0.1) is 0 Å². The minimum Gasteiger partial charge on any atom is -0.353 e. The summed E-state index contributed by atoms with van der Waals surface area (Å²) in [4.78, 5) is 0. The molecule has 0 aliphatic rings. The van der Waals surface area contributed by atoms with E-state index in [0.29, 0.717) is 0 Å². The first kappa shape index (κ1) is 52.2. The van der Waals surface area contributed by atoms with Crippen LogP contribution in [-0.2, 0) is 33.2 Å². The molecule has 7 heteroatoms. The van der Waals surface area contributed by atoms with Crippen molar-refractivity contribution in [1.82, 2.24) is 0 Å². The number of hydrogen-bond donors (Lipinski definition) is 0. The molecule has 0 amide bonds. The standard InChI is InChI=1S/C46H90O7/c1-7-11-15-31-39-49-45(50-40-32-16-12-8-2)37-29-25-21-19-23-27-35-43(47-5)53-44(48-6)36-28-24-20-22-26-30-38-46(51-41-33-17-13-9-3)52-42-34-18-14-10-4/h27-28,35-36,43-46H,7-26,29-34,37-42H2,1-6H3. The van der Waals surface area contributed by atoms with Crippen LogP contribution in [-0.4, -0.2) is 65.8 Å². The van der Waals surface area contributed by atoms with Crippen LogP contribution in [0.2, 0.25) is 0 Å². The molecule has 0 fully saturated rings. The first-order valence-corrected chi connectivity index (χ1v) is 22.7. The molecule has 0 N–H and O–H groups in total. The van der Waals surface area contributed by atoms with Crippen molar-refractivity contribution in [1.29, 1.82) is 0 Å². The Bertz CT molecular complexity index is 657. The second-order valence-corrected chi connectivity index (χ2v) is 14.8. The molecule has 2 atom stereocenters. The summed E-state index contributed by atoms with van der Waals surface area (Å²) in [5.41, 5.74) is 0. The van der Waals surface area contributed by atoms with E-state index in [1.807, 2.05) is 12.2 Å². The lowest BCUT2D eigenvalue weighted by Crippen LogP contribution is -2.22. The smallest absolute Gasteiger partial charge is 0.179 e. The van der Waals surface area contributed by atoms with Gasteiger partial charge in [0.1, 0.15) is 0 Å². The predicted octanol–water partition coefficient (Wildman–Crippen LogP) is 13.8. The van der Waals surface area contributed by atoms with Crippen molar-refractivity contribution in [2.75, 3.05) is 40.6 Å². The summed E-state index contributed by atoms with van der Waals surface area (Å²) in [5, 5.41) is 0. The maximum absolute atomic E-state index is 6.13. The third-order valence-electron chi connectivity index (χ3n) is 9.65. The molecule has 53 heavy (non-hydrogen) atoms. The molecule has 2 unspecified atom stereocenters. The Labute approximate surface area is 330 Å². The Kier molecular flexibility index (Phi) is 43.3. The van der Waals surface area contributed by atoms with Crippen LogP contribution in [0, 0.1) is 0 Å². The molecule has 0 bridgehead atoms. The number of allylic oxidation sites excluding steroid dienone is 2. The monoisotopic (exact) mass is 755 g/mol. The van der Waals surface area contributed by atoms with Crippen molar-refractivity contribution in [3.63, 3.8) is 0 Å². The van der Waals surface area contributed by atoms with Gasteiger partial charge in [0.2, 0.25) is 0 Å². The molecule has 0 saturated carbocycles. The van der Waals surface area contributed by atoms with Gasteiger partial charge in [-0.1, -0.05) is 143 Å². The normalized spacial score (nSPS) is 13.4. The van der Waals surface area contributed by atoms with E-state index in [-0.39, 0.29) is 12.6 Å². The van der Waals surface area contributed by atoms with E-state index in [1.165, 1.54) is 103 Å². The SMILES string of the molecule is CCCCCCOC(CCCCCCC=CC(OC)OC(C=CCCCCCCC(OCCCCCC)OCCCCCC)OC)OCCCCCC. The summed E-state index contributed by atoms with van der Waals surface area (Å²) < 4.78 is 41.7. The van der Waals surface area contributed by atoms with Crippen molar-refractivity contribution in [3.8, 4) is 0 Å². The van der Waals surface area contributed by atoms with Crippen molar-refractivity contribution in [2.45, 2.75) is 233 Å². The van der Waals surface area contributed by atoms with Crippen LogP contribution in [0.1, 0.15) is 207 Å². The molecule has 0 aromatic heterocycles. The molecule has 0 spiro atoms. The van der Waals surface area contributed by atoms with Crippen molar-refractivity contribution >= 4 is 0 Å². The Morgan fingerprint density at radius 3 is 0.962 bits per heavy atom. The van der Waals surface area contributed by atoms with Gasteiger partial charge in [-0.05, 0) is 89.2 Å². The molecular weight excluding hydrogens is 664 g/mol. The Morgan fingerprint density at radius 1 is 0.358 bits per heavy atom. The molecule has 0 radical (unpaired) electrons. The van der Waals surface area contributed by atoms with E-state index in [2.05, 4.69) is 39.8 Å². The Hall–Kier alpha value is -0.800. The van der Waals surface area contributed by atoms with Crippen LogP contribution in [0.4, 0.5) is 0 Å². The van der Waals surface area contributed by atoms with E-state index in [0.717, 1.165) is 103 Å². The number of hydrogen-bond acceptors (Lipinski definition) is 7. The lowest BCUT2D eigenvalue weighted by Gasteiger charge is -2.19. The van der Waals surface area contributed by atoms with Gasteiger partial charge < -0.3 is 33.2 Å². The minimum atomic E-state index is -0.426. The molecule has 0 heterocycles. The zero-order chi connectivity index (χ0) is 38.7. The van der Waals surface area contributed by atoms with Gasteiger partial charge in [-0.2, -0.15) is 0 Å². The van der Waals surface area contributed by atoms with Crippen LogP contribution in [0.15, 0.2) is 24.3 Å². The molecule has 0 saturated heterocycles. The lowest BCUT2D eigenvalue weighted by atomic mass is 10.1. The van der Waals surface area contributed by atoms with Gasteiger partial charge in [-0.25, -0.2) is 0 Å². The van der Waals surface area contributed by atoms with Gasteiger partial charge in [0.25, 0.3) is 0 Å². The first-order valence-electron chi connectivity index (χ1n) is 22.7. The van der Waals surface area contributed by atoms with E-state index in [4.69, 9.17) is 33.2 Å². The van der Waals surface area contributed by atoms with Crippen LogP contribution in [0.3, 0.4) is 0 Å². The molecule has 7 nitrogen and oxygen atoms in total. The second kappa shape index (κ2) is 43.9. The maximum Gasteiger partial charge on any atom is 0.179 e. The van der Waals surface area contributed by atoms with E-state index in [9.17, 15) is 0 Å². The van der Waals surface area contributed by atoms with Crippen LogP contribution >= 0.6 is 0 Å². The van der Waals surface area contributed by atoms with E-state index < -0.39 is 12.6 Å². The molecular formula is C46H90O7. The third-order valence-corrected chi connectivity index (χ3v) is 9.65. The number of rotatable bonds is 44. The molecule has 0 aliphatic carbocycles. The molecule has 0 rings (SSSR count). The maximum atomic E-state index is 6.13. The highest BCUT2D eigenvalue weighted by Crippen LogP contribution is 2.16. The zero-order valence-electron chi connectivity index (χ0n) is 36.1. The minimum absolute atomic E-state index is 0.0428. The van der Waals surface area contributed by atoms with Gasteiger partial charge in [0, 0.05) is 40.6 Å². The average Bonchev–Trinajstić information content (AvgIpc) is 3.17. The number of methoxy groups -OCH3 is 2. The molecule has 0 aliphatic heterocycles. The Balaban J connectivity index is 4.25. The first-order chi connectivity index (χ1) is 26.1. The average molecular weight is 755 g/mol.